The van der Waals surface area contributed by atoms with E-state index in [1.54, 1.807) is 0 Å². The molecule has 1 unspecified atom stereocenters. The molecule has 1 atom stereocenters. The zero-order valence-corrected chi connectivity index (χ0v) is 11.9. The first kappa shape index (κ1) is 15.0. The van der Waals surface area contributed by atoms with Gasteiger partial charge in [-0.25, -0.2) is 8.42 Å². The number of halogens is 1. The summed E-state index contributed by atoms with van der Waals surface area (Å²) in [5.41, 5.74) is 0.562. The van der Waals surface area contributed by atoms with E-state index in [0.29, 0.717) is 18.0 Å². The molecule has 0 bridgehead atoms. The zero-order valence-electron chi connectivity index (χ0n) is 10.3. The van der Waals surface area contributed by atoms with Crippen LogP contribution >= 0.6 is 10.7 Å². The van der Waals surface area contributed by atoms with Crippen LogP contribution < -0.4 is 5.32 Å². The van der Waals surface area contributed by atoms with Crippen LogP contribution in [0.5, 0.6) is 0 Å². The Labute approximate surface area is 112 Å². The van der Waals surface area contributed by atoms with Crippen molar-refractivity contribution in [3.8, 4) is 0 Å². The summed E-state index contributed by atoms with van der Waals surface area (Å²) in [5.74, 6) is 0.248. The highest BCUT2D eigenvalue weighted by atomic mass is 35.7. The first-order chi connectivity index (χ1) is 8.32. The topological polar surface area (TPSA) is 63.2 Å². The Morgan fingerprint density at radius 3 is 2.33 bits per heavy atom. The van der Waals surface area contributed by atoms with Crippen molar-refractivity contribution < 1.29 is 13.2 Å². The van der Waals surface area contributed by atoms with Gasteiger partial charge >= 0.3 is 0 Å². The summed E-state index contributed by atoms with van der Waals surface area (Å²) in [6, 6.07) is 5.76. The molecule has 0 aromatic heterocycles. The van der Waals surface area contributed by atoms with Crippen LogP contribution in [0.15, 0.2) is 29.2 Å². The molecule has 4 nitrogen and oxygen atoms in total. The van der Waals surface area contributed by atoms with Crippen LogP contribution in [0.3, 0.4) is 0 Å². The number of benzene rings is 1. The van der Waals surface area contributed by atoms with E-state index in [1.807, 2.05) is 13.8 Å². The van der Waals surface area contributed by atoms with Crippen LogP contribution in [0.4, 0.5) is 5.69 Å². The van der Waals surface area contributed by atoms with Gasteiger partial charge < -0.3 is 5.32 Å². The smallest absolute Gasteiger partial charge is 0.261 e. The van der Waals surface area contributed by atoms with E-state index in [0.717, 1.165) is 6.42 Å². The molecular weight excluding hydrogens is 274 g/mol. The van der Waals surface area contributed by atoms with Gasteiger partial charge in [-0.1, -0.05) is 20.3 Å². The molecule has 1 amide bonds. The number of carbonyl (C=O) groups is 1. The predicted octanol–water partition coefficient (Wildman–Crippen LogP) is 2.99. The lowest BCUT2D eigenvalue weighted by Gasteiger charge is -2.09. The van der Waals surface area contributed by atoms with Crippen molar-refractivity contribution in [3.05, 3.63) is 24.3 Å². The van der Waals surface area contributed by atoms with Crippen molar-refractivity contribution >= 4 is 31.3 Å². The minimum Gasteiger partial charge on any atom is -0.326 e. The van der Waals surface area contributed by atoms with Crippen LogP contribution in [-0.2, 0) is 13.8 Å². The van der Waals surface area contributed by atoms with Crippen molar-refractivity contribution in [1.82, 2.24) is 0 Å². The van der Waals surface area contributed by atoms with E-state index in [9.17, 15) is 13.2 Å². The van der Waals surface area contributed by atoms with Gasteiger partial charge in [0.1, 0.15) is 0 Å². The Bertz CT molecular complexity index is 511. The second-order valence-corrected chi connectivity index (χ2v) is 6.79. The maximum atomic E-state index is 11.6. The maximum absolute atomic E-state index is 11.6. The molecule has 0 aliphatic heterocycles. The number of anilines is 1. The molecule has 100 valence electrons. The minimum atomic E-state index is -3.71. The normalized spacial score (nSPS) is 13.1. The number of nitrogens with one attached hydrogen (secondary N) is 1. The van der Waals surface area contributed by atoms with Gasteiger partial charge in [0.25, 0.3) is 9.05 Å². The number of carbonyl (C=O) groups excluding carboxylic acids is 1. The molecule has 6 heteroatoms. The molecule has 0 spiro atoms. The monoisotopic (exact) mass is 289 g/mol. The lowest BCUT2D eigenvalue weighted by molar-refractivity contribution is -0.117. The second kappa shape index (κ2) is 6.20. The number of hydrogen-bond donors (Lipinski definition) is 1. The van der Waals surface area contributed by atoms with E-state index >= 15 is 0 Å². The van der Waals surface area contributed by atoms with Gasteiger partial charge in [0.15, 0.2) is 0 Å². The van der Waals surface area contributed by atoms with Gasteiger partial charge in [0.05, 0.1) is 4.90 Å². The molecule has 0 fully saturated rings. The Hall–Kier alpha value is -1.07. The molecule has 0 radical (unpaired) electrons. The minimum absolute atomic E-state index is 0.0177. The molecule has 1 rings (SSSR count). The van der Waals surface area contributed by atoms with E-state index < -0.39 is 9.05 Å². The fraction of sp³-hybridized carbons (Fsp3) is 0.417. The predicted molar refractivity (Wildman–Crippen MR) is 72.2 cm³/mol. The third kappa shape index (κ3) is 4.66. The van der Waals surface area contributed by atoms with Gasteiger partial charge in [-0.3, -0.25) is 4.79 Å². The second-order valence-electron chi connectivity index (χ2n) is 4.23. The van der Waals surface area contributed by atoms with Crippen LogP contribution in [0.2, 0.25) is 0 Å². The maximum Gasteiger partial charge on any atom is 0.261 e. The van der Waals surface area contributed by atoms with Gasteiger partial charge in [0.2, 0.25) is 5.91 Å². The highest BCUT2D eigenvalue weighted by Gasteiger charge is 2.10. The third-order valence-corrected chi connectivity index (χ3v) is 4.02. The summed E-state index contributed by atoms with van der Waals surface area (Å²) in [4.78, 5) is 11.6. The highest BCUT2D eigenvalue weighted by molar-refractivity contribution is 8.13. The molecular formula is C12H16ClNO3S. The molecule has 18 heavy (non-hydrogen) atoms. The lowest BCUT2D eigenvalue weighted by atomic mass is 10.1. The van der Waals surface area contributed by atoms with Crippen molar-refractivity contribution in [2.75, 3.05) is 5.32 Å². The summed E-state index contributed by atoms with van der Waals surface area (Å²) in [5, 5.41) is 2.71. The Balaban J connectivity index is 2.67. The SMILES string of the molecule is CCC(C)CC(=O)Nc1ccc(S(=O)(=O)Cl)cc1. The lowest BCUT2D eigenvalue weighted by Crippen LogP contribution is -2.14. The van der Waals surface area contributed by atoms with Crippen molar-refractivity contribution in [2.45, 2.75) is 31.6 Å². The summed E-state index contributed by atoms with van der Waals surface area (Å²) < 4.78 is 22.1. The summed E-state index contributed by atoms with van der Waals surface area (Å²) in [7, 11) is 1.48. The molecule has 1 aromatic carbocycles. The molecule has 1 N–H and O–H groups in total. The first-order valence-corrected chi connectivity index (χ1v) is 7.98. The van der Waals surface area contributed by atoms with Crippen LogP contribution in [0.1, 0.15) is 26.7 Å². The molecule has 0 aliphatic rings. The van der Waals surface area contributed by atoms with Crippen LogP contribution in [0, 0.1) is 5.92 Å². The Morgan fingerprint density at radius 1 is 1.33 bits per heavy atom. The average Bonchev–Trinajstić information content (AvgIpc) is 2.28. The van der Waals surface area contributed by atoms with Gasteiger partial charge in [0, 0.05) is 22.8 Å². The van der Waals surface area contributed by atoms with E-state index in [4.69, 9.17) is 10.7 Å². The molecule has 0 saturated carbocycles. The van der Waals surface area contributed by atoms with Crippen molar-refractivity contribution in [3.63, 3.8) is 0 Å². The van der Waals surface area contributed by atoms with Crippen LogP contribution in [0.25, 0.3) is 0 Å². The number of amides is 1. The quantitative estimate of drug-likeness (QED) is 0.848. The molecule has 0 heterocycles. The van der Waals surface area contributed by atoms with E-state index in [-0.39, 0.29) is 10.8 Å². The Morgan fingerprint density at radius 2 is 1.89 bits per heavy atom. The Kier molecular flexibility index (Phi) is 5.16. The fourth-order valence-corrected chi connectivity index (χ4v) is 2.14. The summed E-state index contributed by atoms with van der Waals surface area (Å²) in [6.45, 7) is 4.03. The van der Waals surface area contributed by atoms with Crippen molar-refractivity contribution in [2.24, 2.45) is 5.92 Å². The summed E-state index contributed by atoms with van der Waals surface area (Å²) >= 11 is 0. The number of hydrogen-bond acceptors (Lipinski definition) is 3. The van der Waals surface area contributed by atoms with E-state index in [2.05, 4.69) is 5.32 Å². The highest BCUT2D eigenvalue weighted by Crippen LogP contribution is 2.18. The third-order valence-electron chi connectivity index (χ3n) is 2.65. The summed E-state index contributed by atoms with van der Waals surface area (Å²) in [6.07, 6.45) is 1.39. The van der Waals surface area contributed by atoms with Gasteiger partial charge in [-0.2, -0.15) is 0 Å². The molecule has 1 aromatic rings. The molecule has 0 saturated heterocycles. The van der Waals surface area contributed by atoms with Crippen LogP contribution in [-0.4, -0.2) is 14.3 Å². The average molecular weight is 290 g/mol. The number of rotatable bonds is 5. The largest absolute Gasteiger partial charge is 0.326 e. The first-order valence-electron chi connectivity index (χ1n) is 5.67. The van der Waals surface area contributed by atoms with Gasteiger partial charge in [-0.05, 0) is 30.2 Å². The van der Waals surface area contributed by atoms with Crippen molar-refractivity contribution in [1.29, 1.82) is 0 Å². The fourth-order valence-electron chi connectivity index (χ4n) is 1.37. The molecule has 0 aliphatic carbocycles. The standard InChI is InChI=1S/C12H16ClNO3S/c1-3-9(2)8-12(15)14-10-4-6-11(7-5-10)18(13,16)17/h4-7,9H,3,8H2,1-2H3,(H,14,15). The zero-order chi connectivity index (χ0) is 13.8. The van der Waals surface area contributed by atoms with Gasteiger partial charge in [-0.15, -0.1) is 0 Å². The van der Waals surface area contributed by atoms with E-state index in [1.165, 1.54) is 24.3 Å².